The Morgan fingerprint density at radius 1 is 1.14 bits per heavy atom. The smallest absolute Gasteiger partial charge is 0.242 e. The fourth-order valence-corrected chi connectivity index (χ4v) is 2.30. The monoisotopic (exact) mass is 304 g/mol. The van der Waals surface area contributed by atoms with Crippen molar-refractivity contribution >= 4 is 17.5 Å². The van der Waals surface area contributed by atoms with Crippen LogP contribution >= 0.6 is 0 Å². The highest BCUT2D eigenvalue weighted by Crippen LogP contribution is 2.15. The zero-order chi connectivity index (χ0) is 16.2. The van der Waals surface area contributed by atoms with Gasteiger partial charge in [-0.25, -0.2) is 0 Å². The molecule has 1 aliphatic heterocycles. The number of hydrogen-bond donors (Lipinski definition) is 1. The van der Waals surface area contributed by atoms with Gasteiger partial charge in [-0.15, -0.1) is 0 Å². The van der Waals surface area contributed by atoms with Crippen LogP contribution in [-0.2, 0) is 9.59 Å². The van der Waals surface area contributed by atoms with Crippen LogP contribution in [0.15, 0.2) is 24.5 Å². The highest BCUT2D eigenvalue weighted by Gasteiger charge is 2.24. The third kappa shape index (κ3) is 4.19. The van der Waals surface area contributed by atoms with Gasteiger partial charge in [0, 0.05) is 49.7 Å². The van der Waals surface area contributed by atoms with Gasteiger partial charge in [-0.1, -0.05) is 20.8 Å². The quantitative estimate of drug-likeness (QED) is 0.901. The first-order valence-corrected chi connectivity index (χ1v) is 7.59. The number of anilines is 1. The molecule has 22 heavy (non-hydrogen) atoms. The second-order valence-corrected chi connectivity index (χ2v) is 6.51. The average Bonchev–Trinajstić information content (AvgIpc) is 2.52. The lowest BCUT2D eigenvalue weighted by Crippen LogP contribution is -2.52. The standard InChI is InChI=1S/C16H24N4O2/c1-16(2,3)15(22)18-12-14(21)20-10-8-19(9-11-20)13-4-6-17-7-5-13/h4-7H,8-12H2,1-3H3,(H,18,22). The van der Waals surface area contributed by atoms with E-state index >= 15 is 0 Å². The Bertz CT molecular complexity index is 517. The van der Waals surface area contributed by atoms with Crippen LogP contribution in [0.4, 0.5) is 5.69 Å². The van der Waals surface area contributed by atoms with Gasteiger partial charge >= 0.3 is 0 Å². The van der Waals surface area contributed by atoms with Crippen molar-refractivity contribution in [2.45, 2.75) is 20.8 Å². The van der Waals surface area contributed by atoms with Crippen molar-refractivity contribution in [2.75, 3.05) is 37.6 Å². The predicted octanol–water partition coefficient (Wildman–Crippen LogP) is 0.892. The molecule has 2 heterocycles. The number of aromatic nitrogens is 1. The zero-order valence-corrected chi connectivity index (χ0v) is 13.5. The largest absolute Gasteiger partial charge is 0.368 e. The fourth-order valence-electron chi connectivity index (χ4n) is 2.30. The molecule has 2 amide bonds. The maximum Gasteiger partial charge on any atom is 0.242 e. The molecule has 0 saturated carbocycles. The summed E-state index contributed by atoms with van der Waals surface area (Å²) in [7, 11) is 0. The summed E-state index contributed by atoms with van der Waals surface area (Å²) in [5.41, 5.74) is 0.656. The van der Waals surface area contributed by atoms with Gasteiger partial charge in [0.2, 0.25) is 11.8 Å². The Balaban J connectivity index is 1.79. The lowest BCUT2D eigenvalue weighted by atomic mass is 9.96. The maximum atomic E-state index is 12.2. The molecule has 0 spiro atoms. The average molecular weight is 304 g/mol. The molecule has 1 saturated heterocycles. The van der Waals surface area contributed by atoms with Crippen LogP contribution in [0.1, 0.15) is 20.8 Å². The number of rotatable bonds is 3. The second-order valence-electron chi connectivity index (χ2n) is 6.51. The molecule has 1 aliphatic rings. The van der Waals surface area contributed by atoms with Gasteiger partial charge in [0.25, 0.3) is 0 Å². The lowest BCUT2D eigenvalue weighted by Gasteiger charge is -2.36. The highest BCUT2D eigenvalue weighted by molar-refractivity contribution is 5.87. The van der Waals surface area contributed by atoms with Gasteiger partial charge < -0.3 is 15.1 Å². The Morgan fingerprint density at radius 3 is 2.27 bits per heavy atom. The summed E-state index contributed by atoms with van der Waals surface area (Å²) in [5.74, 6) is -0.122. The molecule has 2 rings (SSSR count). The van der Waals surface area contributed by atoms with E-state index in [-0.39, 0.29) is 18.4 Å². The molecule has 1 aromatic rings. The van der Waals surface area contributed by atoms with Crippen molar-refractivity contribution in [3.05, 3.63) is 24.5 Å². The topological polar surface area (TPSA) is 65.5 Å². The number of piperazine rings is 1. The minimum atomic E-state index is -0.472. The van der Waals surface area contributed by atoms with Gasteiger partial charge in [-0.05, 0) is 12.1 Å². The van der Waals surface area contributed by atoms with Crippen LogP contribution in [0.3, 0.4) is 0 Å². The van der Waals surface area contributed by atoms with E-state index in [0.717, 1.165) is 18.8 Å². The number of nitrogens with one attached hydrogen (secondary N) is 1. The van der Waals surface area contributed by atoms with Gasteiger partial charge in [-0.2, -0.15) is 0 Å². The van der Waals surface area contributed by atoms with E-state index < -0.39 is 5.41 Å². The molecule has 1 aromatic heterocycles. The molecule has 6 heteroatoms. The summed E-state index contributed by atoms with van der Waals surface area (Å²) in [6.45, 7) is 8.51. The van der Waals surface area contributed by atoms with Crippen LogP contribution in [-0.4, -0.2) is 54.4 Å². The number of carbonyl (C=O) groups is 2. The Morgan fingerprint density at radius 2 is 1.73 bits per heavy atom. The lowest BCUT2D eigenvalue weighted by molar-refractivity contribution is -0.135. The van der Waals surface area contributed by atoms with E-state index in [4.69, 9.17) is 0 Å². The van der Waals surface area contributed by atoms with Crippen LogP contribution in [0, 0.1) is 5.41 Å². The van der Waals surface area contributed by atoms with Crippen molar-refractivity contribution in [1.29, 1.82) is 0 Å². The Labute approximate surface area is 131 Å². The molecule has 1 N–H and O–H groups in total. The molecule has 6 nitrogen and oxygen atoms in total. The van der Waals surface area contributed by atoms with Gasteiger partial charge in [0.1, 0.15) is 0 Å². The van der Waals surface area contributed by atoms with E-state index in [9.17, 15) is 9.59 Å². The van der Waals surface area contributed by atoms with E-state index in [1.165, 1.54) is 0 Å². The van der Waals surface area contributed by atoms with Gasteiger partial charge in [0.05, 0.1) is 6.54 Å². The molecule has 0 aliphatic carbocycles. The van der Waals surface area contributed by atoms with Crippen LogP contribution in [0.25, 0.3) is 0 Å². The summed E-state index contributed by atoms with van der Waals surface area (Å²) in [5, 5.41) is 2.71. The molecule has 120 valence electrons. The summed E-state index contributed by atoms with van der Waals surface area (Å²) in [4.78, 5) is 32.0. The Hall–Kier alpha value is -2.11. The first-order chi connectivity index (χ1) is 10.4. The summed E-state index contributed by atoms with van der Waals surface area (Å²) >= 11 is 0. The third-order valence-electron chi connectivity index (χ3n) is 3.74. The first-order valence-electron chi connectivity index (χ1n) is 7.59. The minimum Gasteiger partial charge on any atom is -0.368 e. The van der Waals surface area contributed by atoms with E-state index in [2.05, 4.69) is 15.2 Å². The molecule has 1 fully saturated rings. The van der Waals surface area contributed by atoms with Gasteiger partial charge in [-0.3, -0.25) is 14.6 Å². The van der Waals surface area contributed by atoms with Crippen molar-refractivity contribution in [1.82, 2.24) is 15.2 Å². The number of carbonyl (C=O) groups excluding carboxylic acids is 2. The second kappa shape index (κ2) is 6.77. The van der Waals surface area contributed by atoms with Crippen molar-refractivity contribution in [3.8, 4) is 0 Å². The predicted molar refractivity (Wildman–Crippen MR) is 85.5 cm³/mol. The summed E-state index contributed by atoms with van der Waals surface area (Å²) < 4.78 is 0. The van der Waals surface area contributed by atoms with Crippen LogP contribution < -0.4 is 10.2 Å². The van der Waals surface area contributed by atoms with Crippen LogP contribution in [0.2, 0.25) is 0 Å². The molecule has 0 bridgehead atoms. The van der Waals surface area contributed by atoms with Gasteiger partial charge in [0.15, 0.2) is 0 Å². The number of pyridine rings is 1. The van der Waals surface area contributed by atoms with E-state index in [0.29, 0.717) is 13.1 Å². The van der Waals surface area contributed by atoms with Crippen molar-refractivity contribution < 1.29 is 9.59 Å². The first kappa shape index (κ1) is 16.3. The third-order valence-corrected chi connectivity index (χ3v) is 3.74. The molecular weight excluding hydrogens is 280 g/mol. The highest BCUT2D eigenvalue weighted by atomic mass is 16.2. The number of amides is 2. The molecular formula is C16H24N4O2. The summed E-state index contributed by atoms with van der Waals surface area (Å²) in [6.07, 6.45) is 3.55. The SMILES string of the molecule is CC(C)(C)C(=O)NCC(=O)N1CCN(c2ccncc2)CC1. The normalized spacial score (nSPS) is 15.6. The molecule has 0 radical (unpaired) electrons. The van der Waals surface area contributed by atoms with E-state index in [1.54, 1.807) is 17.3 Å². The van der Waals surface area contributed by atoms with Crippen LogP contribution in [0.5, 0.6) is 0 Å². The number of hydrogen-bond acceptors (Lipinski definition) is 4. The number of nitrogens with zero attached hydrogens (tertiary/aromatic N) is 3. The maximum absolute atomic E-state index is 12.2. The molecule has 0 unspecified atom stereocenters. The minimum absolute atomic E-state index is 0.0213. The zero-order valence-electron chi connectivity index (χ0n) is 13.5. The molecule has 0 aromatic carbocycles. The summed E-state index contributed by atoms with van der Waals surface area (Å²) in [6, 6.07) is 3.95. The fraction of sp³-hybridized carbons (Fsp3) is 0.562. The molecule has 0 atom stereocenters. The Kier molecular flexibility index (Phi) is 5.00. The van der Waals surface area contributed by atoms with Crippen molar-refractivity contribution in [2.24, 2.45) is 5.41 Å². The van der Waals surface area contributed by atoms with E-state index in [1.807, 2.05) is 32.9 Å². The van der Waals surface area contributed by atoms with Crippen molar-refractivity contribution in [3.63, 3.8) is 0 Å².